The average molecular weight is 411 g/mol. The Morgan fingerprint density at radius 3 is 2.66 bits per heavy atom. The maximum absolute atomic E-state index is 12.4. The van der Waals surface area contributed by atoms with Crippen molar-refractivity contribution < 1.29 is 23.7 Å². The highest BCUT2D eigenvalue weighted by molar-refractivity contribution is 7.07. The number of Topliss-reactive ketones (excluding diaryl/α,β-unsaturated/α-hetero) is 1. The van der Waals surface area contributed by atoms with Crippen LogP contribution in [0.2, 0.25) is 0 Å². The van der Waals surface area contributed by atoms with Crippen LogP contribution < -0.4 is 33.7 Å². The Bertz CT molecular complexity index is 1240. The zero-order valence-corrected chi connectivity index (χ0v) is 16.5. The van der Waals surface area contributed by atoms with Crippen LogP contribution in [0.25, 0.3) is 12.2 Å². The van der Waals surface area contributed by atoms with Crippen molar-refractivity contribution in [3.63, 3.8) is 0 Å². The number of nitrogens with one attached hydrogen (secondary N) is 1. The molecule has 3 aromatic rings. The lowest BCUT2D eigenvalue weighted by molar-refractivity contribution is 0.106. The number of ether oxygens (including phenoxy) is 4. The predicted octanol–water partition coefficient (Wildman–Crippen LogP) is 1.67. The first kappa shape index (κ1) is 18.8. The fourth-order valence-corrected chi connectivity index (χ4v) is 3.75. The fraction of sp³-hybridized carbons (Fsp3) is 0.143. The summed E-state index contributed by atoms with van der Waals surface area (Å²) in [4.78, 5) is 27.5. The molecule has 0 atom stereocenters. The first-order valence-corrected chi connectivity index (χ1v) is 9.47. The van der Waals surface area contributed by atoms with E-state index in [-0.39, 0.29) is 18.1 Å². The van der Waals surface area contributed by atoms with Crippen LogP contribution in [0.15, 0.2) is 41.2 Å². The van der Waals surface area contributed by atoms with Crippen molar-refractivity contribution >= 4 is 29.3 Å². The van der Waals surface area contributed by atoms with E-state index >= 15 is 0 Å². The molecular weight excluding hydrogens is 394 g/mol. The van der Waals surface area contributed by atoms with Crippen LogP contribution in [0.3, 0.4) is 0 Å². The van der Waals surface area contributed by atoms with E-state index in [1.54, 1.807) is 49.6 Å². The number of methoxy groups -OCH3 is 2. The number of fused-ring (bicyclic) bond motifs is 1. The maximum Gasteiger partial charge on any atom is 0.266 e. The summed E-state index contributed by atoms with van der Waals surface area (Å²) in [5, 5.41) is 0. The normalized spacial score (nSPS) is 13.6. The standard InChI is InChI=1S/C21H17NO6S/c1-25-14-5-3-13(4-6-14)15(23)10-19-22-21(24)18(29-19)9-12-7-16(26-2)20-17(8-12)27-11-28-20/h3-10H,11H2,1-2H3,(H,22,24)/b18-9+,19-10+. The third kappa shape index (κ3) is 3.88. The molecule has 1 aromatic heterocycles. The molecule has 148 valence electrons. The Hall–Kier alpha value is -3.52. The van der Waals surface area contributed by atoms with Crippen molar-refractivity contribution in [1.82, 2.24) is 4.98 Å². The van der Waals surface area contributed by atoms with Crippen LogP contribution >= 0.6 is 11.3 Å². The van der Waals surface area contributed by atoms with E-state index in [2.05, 4.69) is 4.98 Å². The first-order chi connectivity index (χ1) is 14.1. The molecule has 2 heterocycles. The van der Waals surface area contributed by atoms with Crippen LogP contribution in [0.1, 0.15) is 15.9 Å². The van der Waals surface area contributed by atoms with Gasteiger partial charge >= 0.3 is 0 Å². The second-order valence-corrected chi connectivity index (χ2v) is 7.21. The lowest BCUT2D eigenvalue weighted by Gasteiger charge is -2.05. The smallest absolute Gasteiger partial charge is 0.266 e. The second-order valence-electron chi connectivity index (χ2n) is 6.12. The van der Waals surface area contributed by atoms with Gasteiger partial charge in [-0.15, -0.1) is 11.3 Å². The monoisotopic (exact) mass is 411 g/mol. The SMILES string of the molecule is COc1ccc(C(=O)/C=c2\[nH]c(=O)/c(=C\c3cc(OC)c4c(c3)OCO4)s2)cc1. The molecule has 1 aliphatic heterocycles. The minimum absolute atomic E-state index is 0.126. The van der Waals surface area contributed by atoms with Crippen LogP contribution in [-0.2, 0) is 0 Å². The van der Waals surface area contributed by atoms with Crippen LogP contribution in [0.5, 0.6) is 23.0 Å². The molecule has 29 heavy (non-hydrogen) atoms. The largest absolute Gasteiger partial charge is 0.497 e. The molecule has 8 heteroatoms. The number of hydrogen-bond acceptors (Lipinski definition) is 7. The number of aromatic amines is 1. The topological polar surface area (TPSA) is 86.9 Å². The summed E-state index contributed by atoms with van der Waals surface area (Å²) in [6, 6.07) is 10.3. The second kappa shape index (κ2) is 7.84. The number of thiazole rings is 1. The van der Waals surface area contributed by atoms with E-state index < -0.39 is 0 Å². The van der Waals surface area contributed by atoms with Crippen molar-refractivity contribution in [2.45, 2.75) is 0 Å². The van der Waals surface area contributed by atoms with E-state index in [1.807, 2.05) is 0 Å². The third-order valence-electron chi connectivity index (χ3n) is 4.30. The number of carbonyl (C=O) groups excluding carboxylic acids is 1. The van der Waals surface area contributed by atoms with Gasteiger partial charge in [0.15, 0.2) is 17.3 Å². The molecule has 0 bridgehead atoms. The number of H-pyrrole nitrogens is 1. The molecule has 0 unspecified atom stereocenters. The quantitative estimate of drug-likeness (QED) is 0.643. The van der Waals surface area contributed by atoms with Crippen molar-refractivity contribution in [2.24, 2.45) is 0 Å². The number of ketones is 1. The van der Waals surface area contributed by atoms with Crippen LogP contribution in [0, 0.1) is 0 Å². The third-order valence-corrected chi connectivity index (χ3v) is 5.26. The number of aromatic nitrogens is 1. The zero-order chi connectivity index (χ0) is 20.4. The highest BCUT2D eigenvalue weighted by atomic mass is 32.1. The van der Waals surface area contributed by atoms with Gasteiger partial charge < -0.3 is 23.9 Å². The Kier molecular flexibility index (Phi) is 5.09. The molecule has 0 amide bonds. The van der Waals surface area contributed by atoms with Gasteiger partial charge in [0, 0.05) is 11.6 Å². The first-order valence-electron chi connectivity index (χ1n) is 8.66. The fourth-order valence-electron chi connectivity index (χ4n) is 2.87. The molecule has 0 saturated carbocycles. The Morgan fingerprint density at radius 2 is 1.93 bits per heavy atom. The summed E-state index contributed by atoms with van der Waals surface area (Å²) in [6.45, 7) is 0.126. The Morgan fingerprint density at radius 1 is 1.14 bits per heavy atom. The van der Waals surface area contributed by atoms with E-state index in [4.69, 9.17) is 18.9 Å². The molecule has 0 fully saturated rings. The molecule has 2 aromatic carbocycles. The molecule has 0 saturated heterocycles. The number of rotatable bonds is 5. The van der Waals surface area contributed by atoms with Gasteiger partial charge in [0.1, 0.15) is 5.75 Å². The molecule has 0 spiro atoms. The highest BCUT2D eigenvalue weighted by Crippen LogP contribution is 2.41. The van der Waals surface area contributed by atoms with Gasteiger partial charge in [-0.3, -0.25) is 9.59 Å². The van der Waals surface area contributed by atoms with E-state index in [1.165, 1.54) is 24.5 Å². The Labute approximate surface area is 169 Å². The van der Waals surface area contributed by atoms with E-state index in [0.29, 0.717) is 37.8 Å². The summed E-state index contributed by atoms with van der Waals surface area (Å²) in [6.07, 6.45) is 3.12. The Balaban J connectivity index is 1.68. The zero-order valence-electron chi connectivity index (χ0n) is 15.7. The molecule has 0 aliphatic carbocycles. The van der Waals surface area contributed by atoms with Gasteiger partial charge in [0.05, 0.1) is 23.4 Å². The number of hydrogen-bond donors (Lipinski definition) is 1. The molecule has 1 N–H and O–H groups in total. The minimum atomic E-state index is -0.277. The summed E-state index contributed by atoms with van der Waals surface area (Å²) in [7, 11) is 3.10. The van der Waals surface area contributed by atoms with Crippen molar-refractivity contribution in [3.05, 3.63) is 67.1 Å². The predicted molar refractivity (Wildman–Crippen MR) is 109 cm³/mol. The molecule has 1 aliphatic rings. The van der Waals surface area contributed by atoms with Crippen molar-refractivity contribution in [1.29, 1.82) is 0 Å². The molecular formula is C21H17NO6S. The summed E-state index contributed by atoms with van der Waals surface area (Å²) in [5.41, 5.74) is 0.956. The van der Waals surface area contributed by atoms with Crippen molar-refractivity contribution in [2.75, 3.05) is 21.0 Å². The lowest BCUT2D eigenvalue weighted by Crippen LogP contribution is -2.20. The van der Waals surface area contributed by atoms with Gasteiger partial charge in [0.25, 0.3) is 5.56 Å². The molecule has 0 radical (unpaired) electrons. The van der Waals surface area contributed by atoms with Gasteiger partial charge in [-0.1, -0.05) is 0 Å². The average Bonchev–Trinajstić information content (AvgIpc) is 3.34. The number of benzene rings is 2. The number of carbonyl (C=O) groups is 1. The summed E-state index contributed by atoms with van der Waals surface area (Å²) in [5.74, 6) is 2.10. The van der Waals surface area contributed by atoms with Gasteiger partial charge in [-0.25, -0.2) is 0 Å². The molecule has 4 rings (SSSR count). The van der Waals surface area contributed by atoms with Gasteiger partial charge in [0.2, 0.25) is 12.5 Å². The van der Waals surface area contributed by atoms with Gasteiger partial charge in [-0.05, 0) is 48.0 Å². The van der Waals surface area contributed by atoms with E-state index in [9.17, 15) is 9.59 Å². The lowest BCUT2D eigenvalue weighted by atomic mass is 10.1. The van der Waals surface area contributed by atoms with Crippen LogP contribution in [0.4, 0.5) is 0 Å². The maximum atomic E-state index is 12.4. The van der Waals surface area contributed by atoms with E-state index in [0.717, 1.165) is 5.56 Å². The summed E-state index contributed by atoms with van der Waals surface area (Å²) < 4.78 is 22.1. The molecule has 7 nitrogen and oxygen atoms in total. The highest BCUT2D eigenvalue weighted by Gasteiger charge is 2.19. The van der Waals surface area contributed by atoms with Gasteiger partial charge in [-0.2, -0.15) is 0 Å². The minimum Gasteiger partial charge on any atom is -0.497 e. The summed E-state index contributed by atoms with van der Waals surface area (Å²) >= 11 is 1.19. The van der Waals surface area contributed by atoms with Crippen LogP contribution in [-0.4, -0.2) is 31.8 Å². The van der Waals surface area contributed by atoms with Crippen molar-refractivity contribution in [3.8, 4) is 23.0 Å².